The van der Waals surface area contributed by atoms with Crippen molar-refractivity contribution in [3.05, 3.63) is 112 Å². The van der Waals surface area contributed by atoms with Crippen LogP contribution in [0.5, 0.6) is 0 Å². The lowest BCUT2D eigenvalue weighted by molar-refractivity contribution is -0.142. The highest BCUT2D eigenvalue weighted by atomic mass is 35.5. The minimum absolute atomic E-state index is 0.00730. The van der Waals surface area contributed by atoms with Crippen LogP contribution < -0.4 is 10.6 Å². The topological polar surface area (TPSA) is 180 Å². The number of carboxylic acids is 1. The van der Waals surface area contributed by atoms with Crippen molar-refractivity contribution in [1.29, 1.82) is 0 Å². The van der Waals surface area contributed by atoms with E-state index in [1.54, 1.807) is 42.5 Å². The molecule has 1 aromatic heterocycles. The summed E-state index contributed by atoms with van der Waals surface area (Å²) in [4.78, 5) is 42.5. The number of carbonyl (C=O) groups is 3. The summed E-state index contributed by atoms with van der Waals surface area (Å²) in [5.74, 6) is -3.10. The molecule has 2 fully saturated rings. The number of anilines is 1. The molecule has 0 bridgehead atoms. The van der Waals surface area contributed by atoms with E-state index in [-0.39, 0.29) is 55.1 Å². The van der Waals surface area contributed by atoms with Crippen molar-refractivity contribution in [3.8, 4) is 0 Å². The highest BCUT2D eigenvalue weighted by Crippen LogP contribution is 2.43. The van der Waals surface area contributed by atoms with E-state index in [9.17, 15) is 36.3 Å². The Kier molecular flexibility index (Phi) is 11.0. The van der Waals surface area contributed by atoms with Gasteiger partial charge < -0.3 is 15.7 Å². The number of nitrogens with zero attached hydrogens (tertiary/aromatic N) is 2. The quantitative estimate of drug-likeness (QED) is 0.178. The van der Waals surface area contributed by atoms with Crippen molar-refractivity contribution in [2.45, 2.75) is 58.9 Å². The number of fused-ring (bicyclic) bond motifs is 1. The van der Waals surface area contributed by atoms with Gasteiger partial charge >= 0.3 is 5.97 Å². The summed E-state index contributed by atoms with van der Waals surface area (Å²) in [6, 6.07) is 16.4. The van der Waals surface area contributed by atoms with E-state index in [2.05, 4.69) is 15.6 Å². The van der Waals surface area contributed by atoms with Gasteiger partial charge in [0.1, 0.15) is 12.1 Å². The van der Waals surface area contributed by atoms with Crippen molar-refractivity contribution in [2.75, 3.05) is 11.9 Å². The number of rotatable bonds is 11. The second-order valence-corrected chi connectivity index (χ2v) is 17.4. The van der Waals surface area contributed by atoms with Gasteiger partial charge in [-0.05, 0) is 72.7 Å². The SMILES string of the molecule is O=C(Nc1ccc(C[C@H](NC(=O)[C@@H]2[C@@H]3CCCC[C@@H]3CN2S(=O)(=O)c2cccc(S(=O)(=O)c3ccccc3)c2)C(=O)O)cc1)c1c(Cl)cncc1Cl. The average molecular weight is 786 g/mol. The molecule has 4 aromatic rings. The van der Waals surface area contributed by atoms with Crippen molar-refractivity contribution < 1.29 is 36.3 Å². The van der Waals surface area contributed by atoms with Crippen LogP contribution in [0.1, 0.15) is 41.6 Å². The molecule has 2 aliphatic rings. The molecular formula is C36H34Cl2N4O8S2. The lowest BCUT2D eigenvalue weighted by atomic mass is 9.78. The number of sulfonamides is 1. The first-order valence-electron chi connectivity index (χ1n) is 16.4. The third kappa shape index (κ3) is 7.71. The van der Waals surface area contributed by atoms with Crippen LogP contribution in [0.2, 0.25) is 10.0 Å². The number of carboxylic acid groups (broad SMARTS) is 1. The fraction of sp³-hybridized carbons (Fsp3) is 0.278. The summed E-state index contributed by atoms with van der Waals surface area (Å²) in [6.07, 6.45) is 5.38. The number of nitrogens with one attached hydrogen (secondary N) is 2. The summed E-state index contributed by atoms with van der Waals surface area (Å²) in [6.45, 7) is 0.0432. The predicted octanol–water partition coefficient (Wildman–Crippen LogP) is 5.46. The zero-order valence-corrected chi connectivity index (χ0v) is 30.6. The van der Waals surface area contributed by atoms with E-state index in [1.165, 1.54) is 42.7 Å². The van der Waals surface area contributed by atoms with Crippen molar-refractivity contribution >= 4 is 66.5 Å². The molecule has 0 unspecified atom stereocenters. The van der Waals surface area contributed by atoms with Crippen LogP contribution >= 0.6 is 23.2 Å². The van der Waals surface area contributed by atoms with E-state index in [0.29, 0.717) is 24.1 Å². The molecule has 12 nitrogen and oxygen atoms in total. The van der Waals surface area contributed by atoms with E-state index < -0.39 is 49.7 Å². The number of benzene rings is 3. The number of halogens is 2. The van der Waals surface area contributed by atoms with Gasteiger partial charge in [-0.1, -0.05) is 72.4 Å². The van der Waals surface area contributed by atoms with Gasteiger partial charge in [-0.2, -0.15) is 4.31 Å². The highest BCUT2D eigenvalue weighted by molar-refractivity contribution is 7.91. The number of sulfone groups is 1. The molecule has 1 saturated heterocycles. The molecular weight excluding hydrogens is 751 g/mol. The molecule has 16 heteroatoms. The van der Waals surface area contributed by atoms with E-state index in [1.807, 2.05) is 0 Å². The number of pyridine rings is 1. The molecule has 0 spiro atoms. The van der Waals surface area contributed by atoms with Gasteiger partial charge in [0.2, 0.25) is 25.8 Å². The minimum Gasteiger partial charge on any atom is -0.480 e. The molecule has 3 aromatic carbocycles. The van der Waals surface area contributed by atoms with Gasteiger partial charge in [-0.15, -0.1) is 0 Å². The number of hydrogen-bond acceptors (Lipinski definition) is 8. The van der Waals surface area contributed by atoms with Crippen molar-refractivity contribution in [1.82, 2.24) is 14.6 Å². The number of hydrogen-bond donors (Lipinski definition) is 3. The lowest BCUT2D eigenvalue weighted by Crippen LogP contribution is -2.53. The molecule has 1 saturated carbocycles. The Morgan fingerprint density at radius 3 is 2.15 bits per heavy atom. The Morgan fingerprint density at radius 2 is 1.48 bits per heavy atom. The van der Waals surface area contributed by atoms with Gasteiger partial charge in [0, 0.05) is 31.0 Å². The number of amides is 2. The Hall–Kier alpha value is -4.34. The third-order valence-electron chi connectivity index (χ3n) is 9.49. The molecule has 4 atom stereocenters. The molecule has 1 aliphatic heterocycles. The molecule has 272 valence electrons. The van der Waals surface area contributed by atoms with Gasteiger partial charge in [-0.25, -0.2) is 21.6 Å². The van der Waals surface area contributed by atoms with Crippen LogP contribution in [0.4, 0.5) is 5.69 Å². The normalized spacial score (nSPS) is 19.7. The molecule has 3 N–H and O–H groups in total. The zero-order chi connectivity index (χ0) is 37.2. The first-order chi connectivity index (χ1) is 24.8. The van der Waals surface area contributed by atoms with Gasteiger partial charge in [0.15, 0.2) is 0 Å². The zero-order valence-electron chi connectivity index (χ0n) is 27.5. The van der Waals surface area contributed by atoms with Crippen molar-refractivity contribution in [2.24, 2.45) is 11.8 Å². The average Bonchev–Trinajstić information content (AvgIpc) is 3.53. The third-order valence-corrected chi connectivity index (χ3v) is 13.7. The number of carbonyl (C=O) groups excluding carboxylic acids is 2. The van der Waals surface area contributed by atoms with Gasteiger partial charge in [-0.3, -0.25) is 14.6 Å². The van der Waals surface area contributed by atoms with E-state index in [0.717, 1.165) is 23.2 Å². The van der Waals surface area contributed by atoms with E-state index in [4.69, 9.17) is 23.2 Å². The minimum atomic E-state index is -4.41. The molecule has 52 heavy (non-hydrogen) atoms. The Bertz CT molecular complexity index is 2200. The monoisotopic (exact) mass is 784 g/mol. The van der Waals surface area contributed by atoms with Crippen LogP contribution in [0.25, 0.3) is 0 Å². The summed E-state index contributed by atoms with van der Waals surface area (Å²) >= 11 is 12.2. The second kappa shape index (κ2) is 15.3. The van der Waals surface area contributed by atoms with Crippen LogP contribution in [0, 0.1) is 11.8 Å². The molecule has 0 radical (unpaired) electrons. The Labute approximate surface area is 311 Å². The van der Waals surface area contributed by atoms with Gasteiger partial charge in [0.25, 0.3) is 5.91 Å². The molecule has 2 amide bonds. The maximum atomic E-state index is 14.2. The largest absolute Gasteiger partial charge is 0.480 e. The second-order valence-electron chi connectivity index (χ2n) is 12.8. The molecule has 1 aliphatic carbocycles. The smallest absolute Gasteiger partial charge is 0.326 e. The van der Waals surface area contributed by atoms with Crippen LogP contribution in [-0.4, -0.2) is 67.6 Å². The first-order valence-corrected chi connectivity index (χ1v) is 20.1. The Morgan fingerprint density at radius 1 is 0.846 bits per heavy atom. The first kappa shape index (κ1) is 37.4. The van der Waals surface area contributed by atoms with Crippen LogP contribution in [0.15, 0.2) is 106 Å². The highest BCUT2D eigenvalue weighted by Gasteiger charge is 2.51. The fourth-order valence-corrected chi connectivity index (χ4v) is 10.6. The summed E-state index contributed by atoms with van der Waals surface area (Å²) in [5.41, 5.74) is 0.946. The standard InChI is InChI=1S/C36H34Cl2N4O8S2/c37-29-19-39-20-30(38)32(29)34(43)40-24-15-13-22(14-16-24)17-31(36(45)46)41-35(44)33-28-12-5-4-7-23(28)21-42(33)52(49,50)27-11-6-10-26(18-27)51(47,48)25-8-2-1-3-9-25/h1-3,6,8-11,13-16,18-20,23,28,31,33H,4-5,7,12,17,21H2,(H,40,43)(H,41,44)(H,45,46)/t23-,28-,31+,33+/m1/s1. The van der Waals surface area contributed by atoms with Crippen molar-refractivity contribution in [3.63, 3.8) is 0 Å². The molecule has 6 rings (SSSR count). The van der Waals surface area contributed by atoms with Crippen LogP contribution in [-0.2, 0) is 35.9 Å². The summed E-state index contributed by atoms with van der Waals surface area (Å²) in [7, 11) is -8.44. The summed E-state index contributed by atoms with van der Waals surface area (Å²) < 4.78 is 56.3. The fourth-order valence-electron chi connectivity index (χ4n) is 6.92. The maximum Gasteiger partial charge on any atom is 0.326 e. The number of aliphatic carboxylic acids is 1. The maximum absolute atomic E-state index is 14.2. The number of aromatic nitrogens is 1. The van der Waals surface area contributed by atoms with Crippen LogP contribution in [0.3, 0.4) is 0 Å². The van der Waals surface area contributed by atoms with Gasteiger partial charge in [0.05, 0.1) is 30.3 Å². The predicted molar refractivity (Wildman–Crippen MR) is 193 cm³/mol. The molecule has 2 heterocycles. The summed E-state index contributed by atoms with van der Waals surface area (Å²) in [5, 5.41) is 15.5. The van der Waals surface area contributed by atoms with E-state index >= 15 is 0 Å². The lowest BCUT2D eigenvalue weighted by Gasteiger charge is -2.30. The Balaban J connectivity index is 1.21.